The molecule has 3 rings (SSSR count). The Labute approximate surface area is 141 Å². The zero-order chi connectivity index (χ0) is 16.9. The van der Waals surface area contributed by atoms with Crippen LogP contribution in [0.25, 0.3) is 0 Å². The minimum Gasteiger partial charge on any atom is -0.489 e. The SMILES string of the molecule is Cc1cc(C)cc(COc2ccc(NC(=O)c3ccco3)cc2)c1. The van der Waals surface area contributed by atoms with Crippen molar-refractivity contribution < 1.29 is 13.9 Å². The summed E-state index contributed by atoms with van der Waals surface area (Å²) in [6.07, 6.45) is 1.47. The second-order valence-corrected chi connectivity index (χ2v) is 5.74. The minimum atomic E-state index is -0.274. The monoisotopic (exact) mass is 321 g/mol. The minimum absolute atomic E-state index is 0.274. The maximum atomic E-state index is 11.9. The van der Waals surface area contributed by atoms with Gasteiger partial charge in [0.1, 0.15) is 12.4 Å². The number of benzene rings is 2. The summed E-state index contributed by atoms with van der Waals surface area (Å²) in [4.78, 5) is 11.9. The van der Waals surface area contributed by atoms with E-state index in [0.29, 0.717) is 12.3 Å². The summed E-state index contributed by atoms with van der Waals surface area (Å²) < 4.78 is 10.9. The van der Waals surface area contributed by atoms with Crippen molar-refractivity contribution in [1.29, 1.82) is 0 Å². The number of aryl methyl sites for hydroxylation is 2. The van der Waals surface area contributed by atoms with Crippen LogP contribution in [-0.2, 0) is 6.61 Å². The molecule has 0 saturated carbocycles. The highest BCUT2D eigenvalue weighted by molar-refractivity contribution is 6.02. The first-order chi connectivity index (χ1) is 11.6. The van der Waals surface area contributed by atoms with Crippen molar-refractivity contribution in [2.45, 2.75) is 20.5 Å². The highest BCUT2D eigenvalue weighted by atomic mass is 16.5. The number of carbonyl (C=O) groups excluding carboxylic acids is 1. The van der Waals surface area contributed by atoms with E-state index >= 15 is 0 Å². The Kier molecular flexibility index (Phi) is 4.66. The number of hydrogen-bond acceptors (Lipinski definition) is 3. The molecule has 1 amide bonds. The summed E-state index contributed by atoms with van der Waals surface area (Å²) in [6, 6.07) is 16.9. The van der Waals surface area contributed by atoms with E-state index in [0.717, 1.165) is 11.3 Å². The molecule has 0 saturated heterocycles. The molecule has 24 heavy (non-hydrogen) atoms. The predicted molar refractivity (Wildman–Crippen MR) is 93.4 cm³/mol. The average molecular weight is 321 g/mol. The van der Waals surface area contributed by atoms with Crippen LogP contribution >= 0.6 is 0 Å². The Hall–Kier alpha value is -3.01. The van der Waals surface area contributed by atoms with E-state index in [2.05, 4.69) is 37.4 Å². The first kappa shape index (κ1) is 15.9. The van der Waals surface area contributed by atoms with Crippen molar-refractivity contribution >= 4 is 11.6 Å². The molecule has 0 radical (unpaired) electrons. The van der Waals surface area contributed by atoms with Crippen LogP contribution in [0.3, 0.4) is 0 Å². The fourth-order valence-corrected chi connectivity index (χ4v) is 2.55. The lowest BCUT2D eigenvalue weighted by atomic mass is 10.1. The fraction of sp³-hybridized carbons (Fsp3) is 0.150. The molecular formula is C20H19NO3. The topological polar surface area (TPSA) is 51.5 Å². The Bertz CT molecular complexity index is 800. The van der Waals surface area contributed by atoms with Crippen molar-refractivity contribution in [3.05, 3.63) is 83.3 Å². The van der Waals surface area contributed by atoms with E-state index < -0.39 is 0 Å². The van der Waals surface area contributed by atoms with Gasteiger partial charge < -0.3 is 14.5 Å². The fourth-order valence-electron chi connectivity index (χ4n) is 2.55. The van der Waals surface area contributed by atoms with E-state index in [4.69, 9.17) is 9.15 Å². The maximum absolute atomic E-state index is 11.9. The Balaban J connectivity index is 1.59. The molecule has 0 fully saturated rings. The molecule has 2 aromatic carbocycles. The first-order valence-corrected chi connectivity index (χ1v) is 7.75. The largest absolute Gasteiger partial charge is 0.489 e. The van der Waals surface area contributed by atoms with Gasteiger partial charge in [-0.3, -0.25) is 4.79 Å². The van der Waals surface area contributed by atoms with Crippen LogP contribution in [-0.4, -0.2) is 5.91 Å². The van der Waals surface area contributed by atoms with Crippen LogP contribution in [0.4, 0.5) is 5.69 Å². The molecule has 0 atom stereocenters. The summed E-state index contributed by atoms with van der Waals surface area (Å²) in [5.74, 6) is 0.763. The zero-order valence-corrected chi connectivity index (χ0v) is 13.7. The predicted octanol–water partition coefficient (Wildman–Crippen LogP) is 4.73. The molecule has 4 nitrogen and oxygen atoms in total. The number of carbonyl (C=O) groups is 1. The second kappa shape index (κ2) is 7.04. The van der Waals surface area contributed by atoms with Crippen LogP contribution in [0.15, 0.2) is 65.3 Å². The number of hydrogen-bond donors (Lipinski definition) is 1. The summed E-state index contributed by atoms with van der Waals surface area (Å²) in [6.45, 7) is 4.67. The van der Waals surface area contributed by atoms with Gasteiger partial charge in [-0.25, -0.2) is 0 Å². The standard InChI is InChI=1S/C20H19NO3/c1-14-10-15(2)12-16(11-14)13-24-18-7-5-17(6-8-18)21-20(22)19-4-3-9-23-19/h3-12H,13H2,1-2H3,(H,21,22). The molecule has 1 heterocycles. The Morgan fingerprint density at radius 3 is 2.38 bits per heavy atom. The van der Waals surface area contributed by atoms with E-state index in [1.165, 1.54) is 17.4 Å². The number of amides is 1. The molecule has 3 aromatic rings. The summed E-state index contributed by atoms with van der Waals surface area (Å²) in [5.41, 5.74) is 4.28. The van der Waals surface area contributed by atoms with Crippen molar-refractivity contribution in [2.24, 2.45) is 0 Å². The number of anilines is 1. The molecule has 122 valence electrons. The number of nitrogens with one attached hydrogen (secondary N) is 1. The molecule has 0 spiro atoms. The molecule has 0 bridgehead atoms. The van der Waals surface area contributed by atoms with Crippen molar-refractivity contribution in [2.75, 3.05) is 5.32 Å². The summed E-state index contributed by atoms with van der Waals surface area (Å²) in [7, 11) is 0. The van der Waals surface area contributed by atoms with Gasteiger partial charge in [0.2, 0.25) is 0 Å². The van der Waals surface area contributed by atoms with Gasteiger partial charge in [0.05, 0.1) is 6.26 Å². The summed E-state index contributed by atoms with van der Waals surface area (Å²) in [5, 5.41) is 2.77. The van der Waals surface area contributed by atoms with E-state index in [-0.39, 0.29) is 11.7 Å². The van der Waals surface area contributed by atoms with Crippen LogP contribution in [0.1, 0.15) is 27.2 Å². The number of rotatable bonds is 5. The van der Waals surface area contributed by atoms with Crippen LogP contribution in [0, 0.1) is 13.8 Å². The van der Waals surface area contributed by atoms with E-state index in [1.54, 1.807) is 24.3 Å². The Morgan fingerprint density at radius 1 is 1.04 bits per heavy atom. The molecular weight excluding hydrogens is 302 g/mol. The van der Waals surface area contributed by atoms with Gasteiger partial charge in [-0.1, -0.05) is 29.3 Å². The lowest BCUT2D eigenvalue weighted by Crippen LogP contribution is -2.10. The highest BCUT2D eigenvalue weighted by Gasteiger charge is 2.08. The van der Waals surface area contributed by atoms with Crippen LogP contribution in [0.5, 0.6) is 5.75 Å². The van der Waals surface area contributed by atoms with Crippen LogP contribution in [0.2, 0.25) is 0 Å². The molecule has 4 heteroatoms. The van der Waals surface area contributed by atoms with Crippen molar-refractivity contribution in [3.63, 3.8) is 0 Å². The normalized spacial score (nSPS) is 10.4. The van der Waals surface area contributed by atoms with Crippen molar-refractivity contribution in [3.8, 4) is 5.75 Å². The molecule has 0 aliphatic rings. The third kappa shape index (κ3) is 4.04. The quantitative estimate of drug-likeness (QED) is 0.739. The van der Waals surface area contributed by atoms with Crippen LogP contribution < -0.4 is 10.1 Å². The zero-order valence-electron chi connectivity index (χ0n) is 13.7. The van der Waals surface area contributed by atoms with Gasteiger partial charge in [0, 0.05) is 5.69 Å². The van der Waals surface area contributed by atoms with Gasteiger partial charge in [0.25, 0.3) is 5.91 Å². The first-order valence-electron chi connectivity index (χ1n) is 7.75. The molecule has 0 unspecified atom stereocenters. The van der Waals surface area contributed by atoms with Gasteiger partial charge >= 0.3 is 0 Å². The number of ether oxygens (including phenoxy) is 1. The lowest BCUT2D eigenvalue weighted by molar-refractivity contribution is 0.0996. The lowest BCUT2D eigenvalue weighted by Gasteiger charge is -2.09. The van der Waals surface area contributed by atoms with Gasteiger partial charge in [0.15, 0.2) is 5.76 Å². The second-order valence-electron chi connectivity index (χ2n) is 5.74. The maximum Gasteiger partial charge on any atom is 0.291 e. The molecule has 0 aliphatic heterocycles. The van der Waals surface area contributed by atoms with Gasteiger partial charge in [-0.15, -0.1) is 0 Å². The average Bonchev–Trinajstić information content (AvgIpc) is 3.08. The Morgan fingerprint density at radius 2 is 1.75 bits per heavy atom. The number of furan rings is 1. The molecule has 0 aliphatic carbocycles. The van der Waals surface area contributed by atoms with E-state index in [9.17, 15) is 4.79 Å². The van der Waals surface area contributed by atoms with Gasteiger partial charge in [-0.2, -0.15) is 0 Å². The van der Waals surface area contributed by atoms with Gasteiger partial charge in [-0.05, 0) is 55.8 Å². The third-order valence-corrected chi connectivity index (χ3v) is 3.54. The molecule has 1 aromatic heterocycles. The van der Waals surface area contributed by atoms with Crippen molar-refractivity contribution in [1.82, 2.24) is 0 Å². The highest BCUT2D eigenvalue weighted by Crippen LogP contribution is 2.18. The van der Waals surface area contributed by atoms with E-state index in [1.807, 2.05) is 12.1 Å². The third-order valence-electron chi connectivity index (χ3n) is 3.54. The summed E-state index contributed by atoms with van der Waals surface area (Å²) >= 11 is 0. The molecule has 1 N–H and O–H groups in total. The smallest absolute Gasteiger partial charge is 0.291 e.